The zero-order chi connectivity index (χ0) is 19.2. The van der Waals surface area contributed by atoms with E-state index >= 15 is 0 Å². The Morgan fingerprint density at radius 2 is 1.89 bits per heavy atom. The van der Waals surface area contributed by atoms with Gasteiger partial charge in [-0.1, -0.05) is 12.1 Å². The van der Waals surface area contributed by atoms with Crippen molar-refractivity contribution in [3.63, 3.8) is 0 Å². The summed E-state index contributed by atoms with van der Waals surface area (Å²) >= 11 is 0. The highest BCUT2D eigenvalue weighted by atomic mass is 16.5. The lowest BCUT2D eigenvalue weighted by Gasteiger charge is -2.31. The van der Waals surface area contributed by atoms with E-state index in [2.05, 4.69) is 9.97 Å². The molecule has 2 heterocycles. The molecule has 0 saturated carbocycles. The van der Waals surface area contributed by atoms with Gasteiger partial charge >= 0.3 is 6.01 Å². The molecule has 0 aliphatic carbocycles. The van der Waals surface area contributed by atoms with E-state index in [1.54, 1.807) is 13.2 Å². The first-order valence-corrected chi connectivity index (χ1v) is 9.13. The first-order valence-electron chi connectivity index (χ1n) is 9.13. The third-order valence-electron chi connectivity index (χ3n) is 4.46. The van der Waals surface area contributed by atoms with Crippen molar-refractivity contribution in [1.29, 1.82) is 0 Å². The zero-order valence-electron chi connectivity index (χ0n) is 16.0. The van der Waals surface area contributed by atoms with Crippen molar-refractivity contribution >= 4 is 12.0 Å². The van der Waals surface area contributed by atoms with Gasteiger partial charge in [0.15, 0.2) is 0 Å². The highest BCUT2D eigenvalue weighted by Crippen LogP contribution is 2.17. The van der Waals surface area contributed by atoms with Gasteiger partial charge in [-0.15, -0.1) is 0 Å². The Morgan fingerprint density at radius 3 is 2.56 bits per heavy atom. The molecule has 1 unspecified atom stereocenters. The highest BCUT2D eigenvalue weighted by Gasteiger charge is 2.24. The standard InChI is InChI=1S/C21H25N3O3/c1-15-13-16(2)23-21(22-15)27-19-5-4-12-24(14-19)20(25)11-8-17-6-9-18(26-3)10-7-17/h6-11,13,19H,4-5,12,14H2,1-3H3/b11-8+. The van der Waals surface area contributed by atoms with Crippen LogP contribution in [0.5, 0.6) is 11.8 Å². The van der Waals surface area contributed by atoms with Crippen LogP contribution >= 0.6 is 0 Å². The third-order valence-corrected chi connectivity index (χ3v) is 4.46. The Kier molecular flexibility index (Phi) is 6.06. The van der Waals surface area contributed by atoms with Gasteiger partial charge in [0.2, 0.25) is 5.91 Å². The van der Waals surface area contributed by atoms with Gasteiger partial charge in [0, 0.05) is 24.0 Å². The van der Waals surface area contributed by atoms with Crippen LogP contribution in [0.3, 0.4) is 0 Å². The molecule has 0 bridgehead atoms. The number of nitrogens with zero attached hydrogens (tertiary/aromatic N) is 3. The summed E-state index contributed by atoms with van der Waals surface area (Å²) < 4.78 is 11.1. The van der Waals surface area contributed by atoms with Crippen LogP contribution in [0.1, 0.15) is 29.8 Å². The predicted octanol–water partition coefficient (Wildman–Crippen LogP) is 3.19. The van der Waals surface area contributed by atoms with E-state index in [0.717, 1.165) is 42.1 Å². The summed E-state index contributed by atoms with van der Waals surface area (Å²) in [6.45, 7) is 5.12. The maximum Gasteiger partial charge on any atom is 0.317 e. The SMILES string of the molecule is COc1ccc(/C=C/C(=O)N2CCCC(Oc3nc(C)cc(C)n3)C2)cc1. The van der Waals surface area contributed by atoms with Gasteiger partial charge in [0.05, 0.1) is 13.7 Å². The van der Waals surface area contributed by atoms with Gasteiger partial charge in [-0.25, -0.2) is 9.97 Å². The number of carbonyl (C=O) groups excluding carboxylic acids is 1. The molecule has 3 rings (SSSR count). The van der Waals surface area contributed by atoms with E-state index in [4.69, 9.17) is 9.47 Å². The van der Waals surface area contributed by atoms with E-state index in [1.165, 1.54) is 0 Å². The minimum Gasteiger partial charge on any atom is -0.497 e. The number of methoxy groups -OCH3 is 1. The second-order valence-corrected chi connectivity index (χ2v) is 6.71. The van der Waals surface area contributed by atoms with Crippen LogP contribution in [0.2, 0.25) is 0 Å². The van der Waals surface area contributed by atoms with E-state index < -0.39 is 0 Å². The normalized spacial score (nSPS) is 17.1. The molecular formula is C21H25N3O3. The number of aromatic nitrogens is 2. The summed E-state index contributed by atoms with van der Waals surface area (Å²) in [6, 6.07) is 9.88. The molecule has 0 N–H and O–H groups in total. The largest absolute Gasteiger partial charge is 0.497 e. The number of piperidine rings is 1. The van der Waals surface area contributed by atoms with Crippen LogP contribution in [0.25, 0.3) is 6.08 Å². The molecule has 2 aromatic rings. The Hall–Kier alpha value is -2.89. The van der Waals surface area contributed by atoms with E-state index in [0.29, 0.717) is 12.6 Å². The molecule has 142 valence electrons. The molecule has 1 saturated heterocycles. The van der Waals surface area contributed by atoms with Crippen molar-refractivity contribution in [3.8, 4) is 11.8 Å². The molecule has 1 amide bonds. The first-order chi connectivity index (χ1) is 13.0. The lowest BCUT2D eigenvalue weighted by molar-refractivity contribution is -0.128. The number of amides is 1. The number of hydrogen-bond donors (Lipinski definition) is 0. The van der Waals surface area contributed by atoms with E-state index in [1.807, 2.05) is 55.2 Å². The molecule has 1 atom stereocenters. The molecule has 1 aliphatic heterocycles. The van der Waals surface area contributed by atoms with Crippen molar-refractivity contribution in [2.45, 2.75) is 32.8 Å². The average molecular weight is 367 g/mol. The monoisotopic (exact) mass is 367 g/mol. The van der Waals surface area contributed by atoms with Gasteiger partial charge in [-0.3, -0.25) is 4.79 Å². The van der Waals surface area contributed by atoms with Crippen LogP contribution < -0.4 is 9.47 Å². The molecule has 6 heteroatoms. The second kappa shape index (κ2) is 8.66. The van der Waals surface area contributed by atoms with Crippen molar-refractivity contribution in [3.05, 3.63) is 53.4 Å². The predicted molar refractivity (Wildman–Crippen MR) is 104 cm³/mol. The summed E-state index contributed by atoms with van der Waals surface area (Å²) in [5.41, 5.74) is 2.71. The van der Waals surface area contributed by atoms with Crippen molar-refractivity contribution in [1.82, 2.24) is 14.9 Å². The van der Waals surface area contributed by atoms with Crippen LogP contribution in [0, 0.1) is 13.8 Å². The molecular weight excluding hydrogens is 342 g/mol. The molecule has 0 radical (unpaired) electrons. The summed E-state index contributed by atoms with van der Waals surface area (Å²) in [6.07, 6.45) is 5.13. The molecule has 1 aromatic heterocycles. The number of aryl methyl sites for hydroxylation is 2. The fraction of sp³-hybridized carbons (Fsp3) is 0.381. The van der Waals surface area contributed by atoms with Gasteiger partial charge in [-0.2, -0.15) is 0 Å². The fourth-order valence-corrected chi connectivity index (χ4v) is 3.12. The lowest BCUT2D eigenvalue weighted by Crippen LogP contribution is -2.44. The van der Waals surface area contributed by atoms with Crippen LogP contribution in [0.4, 0.5) is 0 Å². The molecule has 1 aromatic carbocycles. The highest BCUT2D eigenvalue weighted by molar-refractivity contribution is 5.91. The quantitative estimate of drug-likeness (QED) is 0.760. The number of rotatable bonds is 5. The summed E-state index contributed by atoms with van der Waals surface area (Å²) in [4.78, 5) is 23.0. The van der Waals surface area contributed by atoms with Crippen LogP contribution in [-0.2, 0) is 4.79 Å². The van der Waals surface area contributed by atoms with Gasteiger partial charge in [0.1, 0.15) is 11.9 Å². The number of hydrogen-bond acceptors (Lipinski definition) is 5. The van der Waals surface area contributed by atoms with E-state index in [9.17, 15) is 4.79 Å². The lowest BCUT2D eigenvalue weighted by atomic mass is 10.1. The molecule has 0 spiro atoms. The Labute approximate surface area is 159 Å². The maximum atomic E-state index is 12.5. The average Bonchev–Trinajstić information content (AvgIpc) is 2.66. The Balaban J connectivity index is 1.59. The number of benzene rings is 1. The maximum absolute atomic E-state index is 12.5. The van der Waals surface area contributed by atoms with Crippen molar-refractivity contribution in [2.24, 2.45) is 0 Å². The minimum atomic E-state index is -0.0849. The third kappa shape index (κ3) is 5.29. The summed E-state index contributed by atoms with van der Waals surface area (Å²) in [5.74, 6) is 0.781. The Morgan fingerprint density at radius 1 is 1.19 bits per heavy atom. The second-order valence-electron chi connectivity index (χ2n) is 6.71. The van der Waals surface area contributed by atoms with Crippen molar-refractivity contribution < 1.29 is 14.3 Å². The zero-order valence-corrected chi connectivity index (χ0v) is 16.0. The van der Waals surface area contributed by atoms with Crippen LogP contribution in [-0.4, -0.2) is 47.1 Å². The number of carbonyl (C=O) groups is 1. The minimum absolute atomic E-state index is 0.0135. The van der Waals surface area contributed by atoms with Gasteiger partial charge in [-0.05, 0) is 56.5 Å². The molecule has 1 fully saturated rings. The number of likely N-dealkylation sites (tertiary alicyclic amines) is 1. The van der Waals surface area contributed by atoms with E-state index in [-0.39, 0.29) is 12.0 Å². The van der Waals surface area contributed by atoms with Gasteiger partial charge in [0.25, 0.3) is 0 Å². The molecule has 1 aliphatic rings. The topological polar surface area (TPSA) is 64.5 Å². The Bertz CT molecular complexity index is 798. The van der Waals surface area contributed by atoms with Crippen molar-refractivity contribution in [2.75, 3.05) is 20.2 Å². The molecule has 27 heavy (non-hydrogen) atoms. The number of ether oxygens (including phenoxy) is 2. The summed E-state index contributed by atoms with van der Waals surface area (Å²) in [5, 5.41) is 0. The van der Waals surface area contributed by atoms with Gasteiger partial charge < -0.3 is 14.4 Å². The fourth-order valence-electron chi connectivity index (χ4n) is 3.12. The summed E-state index contributed by atoms with van der Waals surface area (Å²) in [7, 11) is 1.63. The first kappa shape index (κ1) is 18.9. The smallest absolute Gasteiger partial charge is 0.317 e. The van der Waals surface area contributed by atoms with Crippen LogP contribution in [0.15, 0.2) is 36.4 Å². The molecule has 6 nitrogen and oxygen atoms in total.